The zero-order chi connectivity index (χ0) is 24.6. The lowest BCUT2D eigenvalue weighted by Gasteiger charge is -2.14. The van der Waals surface area contributed by atoms with Crippen molar-refractivity contribution in [2.75, 3.05) is 26.9 Å². The first kappa shape index (κ1) is 26.7. The van der Waals surface area contributed by atoms with Crippen LogP contribution in [0.15, 0.2) is 42.6 Å². The number of hydrogen-bond acceptors (Lipinski definition) is 7. The Kier molecular flexibility index (Phi) is 9.97. The monoisotopic (exact) mass is 490 g/mol. The molecule has 186 valence electrons. The molecular weight excluding hydrogens is 455 g/mol. The molecule has 2 aromatic rings. The first-order valence-electron chi connectivity index (χ1n) is 11.6. The first-order chi connectivity index (χ1) is 16.4. The molecule has 3 rings (SSSR count). The van der Waals surface area contributed by atoms with Crippen molar-refractivity contribution in [3.05, 3.63) is 59.3 Å². The average molecular weight is 491 g/mol. The van der Waals surface area contributed by atoms with E-state index in [4.69, 9.17) is 14.2 Å². The van der Waals surface area contributed by atoms with E-state index in [9.17, 15) is 14.6 Å². The van der Waals surface area contributed by atoms with Crippen LogP contribution in [0.2, 0.25) is 0 Å². The Labute approximate surface area is 201 Å². The number of nitrogens with zero attached hydrogens (tertiary/aromatic N) is 1. The van der Waals surface area contributed by atoms with Crippen LogP contribution in [0, 0.1) is 0 Å². The number of fused-ring (bicyclic) bond motifs is 1. The van der Waals surface area contributed by atoms with Crippen molar-refractivity contribution in [3.8, 4) is 0 Å². The number of rotatable bonds is 14. The van der Waals surface area contributed by atoms with Gasteiger partial charge >= 0.3 is 7.82 Å². The lowest BCUT2D eigenvalue weighted by Crippen LogP contribution is -2.22. The minimum Gasteiger partial charge on any atom is -0.396 e. The van der Waals surface area contributed by atoms with Gasteiger partial charge in [0.2, 0.25) is 0 Å². The summed E-state index contributed by atoms with van der Waals surface area (Å²) in [6, 6.07) is 6.13. The van der Waals surface area contributed by atoms with Gasteiger partial charge in [-0.3, -0.25) is 19.3 Å². The topological polar surface area (TPSA) is 113 Å². The summed E-state index contributed by atoms with van der Waals surface area (Å²) in [5, 5.41) is 13.9. The minimum atomic E-state index is -3.90. The number of nitrogens with one attached hydrogen (secondary N) is 1. The second-order valence-corrected chi connectivity index (χ2v) is 9.83. The third-order valence-corrected chi connectivity index (χ3v) is 6.75. The van der Waals surface area contributed by atoms with Crippen LogP contribution in [-0.2, 0) is 31.2 Å². The van der Waals surface area contributed by atoms with Crippen LogP contribution in [-0.4, -0.2) is 54.2 Å². The highest BCUT2D eigenvalue weighted by Crippen LogP contribution is 2.41. The van der Waals surface area contributed by atoms with Gasteiger partial charge in [0.05, 0.1) is 12.1 Å². The molecule has 2 heterocycles. The molecule has 1 aliphatic rings. The fourth-order valence-corrected chi connectivity index (χ4v) is 4.46. The Balaban J connectivity index is 1.64. The molecule has 3 N–H and O–H groups in total. The highest BCUT2D eigenvalue weighted by atomic mass is 31.2. The number of benzene rings is 1. The summed E-state index contributed by atoms with van der Waals surface area (Å²) < 4.78 is 26.3. The van der Waals surface area contributed by atoms with Gasteiger partial charge in [0, 0.05) is 31.7 Å². The second kappa shape index (κ2) is 12.7. The average Bonchev–Trinajstić information content (AvgIpc) is 3.57. The van der Waals surface area contributed by atoms with Gasteiger partial charge in [0.15, 0.2) is 0 Å². The molecule has 1 aromatic heterocycles. The molecule has 1 fully saturated rings. The maximum absolute atomic E-state index is 11.3. The smallest absolute Gasteiger partial charge is 0.396 e. The Bertz CT molecular complexity index is 1070. The third-order valence-electron chi connectivity index (χ3n) is 5.78. The number of para-hydroxylation sites is 1. The van der Waals surface area contributed by atoms with Crippen LogP contribution < -0.4 is 5.32 Å². The van der Waals surface area contributed by atoms with E-state index < -0.39 is 7.82 Å². The van der Waals surface area contributed by atoms with E-state index in [-0.39, 0.29) is 25.5 Å². The predicted molar refractivity (Wildman–Crippen MR) is 133 cm³/mol. The lowest BCUT2D eigenvalue weighted by atomic mass is 9.92. The lowest BCUT2D eigenvalue weighted by molar-refractivity contribution is 0.170. The number of phosphoric ester groups is 1. The van der Waals surface area contributed by atoms with E-state index in [1.54, 1.807) is 0 Å². The number of aliphatic hydroxyl groups excluding tert-OH is 1. The third kappa shape index (κ3) is 7.30. The fraction of sp³-hybridized carbons (Fsp3) is 0.480. The molecule has 0 radical (unpaired) electrons. The quantitative estimate of drug-likeness (QED) is 0.157. The van der Waals surface area contributed by atoms with Crippen LogP contribution in [0.1, 0.15) is 43.4 Å². The van der Waals surface area contributed by atoms with Gasteiger partial charge in [0.1, 0.15) is 12.3 Å². The van der Waals surface area contributed by atoms with Gasteiger partial charge in [-0.05, 0) is 61.9 Å². The molecule has 0 saturated carbocycles. The highest BCUT2D eigenvalue weighted by Gasteiger charge is 2.38. The summed E-state index contributed by atoms with van der Waals surface area (Å²) in [5.74, 6) is 0. The van der Waals surface area contributed by atoms with E-state index in [1.165, 1.54) is 5.56 Å². The van der Waals surface area contributed by atoms with Crippen molar-refractivity contribution in [1.82, 2.24) is 10.3 Å². The molecule has 1 saturated heterocycles. The Morgan fingerprint density at radius 2 is 2.15 bits per heavy atom. The van der Waals surface area contributed by atoms with Crippen molar-refractivity contribution in [2.45, 2.75) is 51.9 Å². The Morgan fingerprint density at radius 3 is 2.88 bits per heavy atom. The van der Waals surface area contributed by atoms with Gasteiger partial charge < -0.3 is 14.7 Å². The summed E-state index contributed by atoms with van der Waals surface area (Å²) in [6.07, 6.45) is 10.9. The van der Waals surface area contributed by atoms with Crippen molar-refractivity contribution in [1.29, 1.82) is 0 Å². The van der Waals surface area contributed by atoms with Gasteiger partial charge in [-0.1, -0.05) is 36.4 Å². The standard InChI is InChI=1S/C25H35N2O6P/c1-4-5-9-18(2)23-20(17-27-24-19(12-14-28)10-8-11-21(23)24)16-22-25(33-22)26-13-6-7-15-32-34(29,30)31-3/h4-5,8-11,17,22,25-26,28H,6-7,12-16H2,1-3H3,(H,29,30)/b5-4-,18-9+. The maximum atomic E-state index is 11.3. The summed E-state index contributed by atoms with van der Waals surface area (Å²) in [7, 11) is -2.75. The van der Waals surface area contributed by atoms with E-state index in [2.05, 4.69) is 28.9 Å². The normalized spacial score (nSPS) is 20.2. The molecule has 8 nitrogen and oxygen atoms in total. The molecule has 0 bridgehead atoms. The summed E-state index contributed by atoms with van der Waals surface area (Å²) in [4.78, 5) is 14.0. The molecule has 34 heavy (non-hydrogen) atoms. The number of aliphatic hydroxyl groups is 1. The van der Waals surface area contributed by atoms with Crippen LogP contribution in [0.5, 0.6) is 0 Å². The van der Waals surface area contributed by atoms with Crippen molar-refractivity contribution >= 4 is 24.3 Å². The number of aromatic nitrogens is 1. The zero-order valence-corrected chi connectivity index (χ0v) is 21.0. The molecular formula is C25H35N2O6P. The van der Waals surface area contributed by atoms with Crippen molar-refractivity contribution in [2.24, 2.45) is 0 Å². The number of unbranched alkanes of at least 4 members (excludes halogenated alkanes) is 1. The number of ether oxygens (including phenoxy) is 1. The van der Waals surface area contributed by atoms with Crippen molar-refractivity contribution < 1.29 is 28.3 Å². The molecule has 9 heteroatoms. The second-order valence-electron chi connectivity index (χ2n) is 8.27. The van der Waals surface area contributed by atoms with Gasteiger partial charge in [-0.2, -0.15) is 0 Å². The maximum Gasteiger partial charge on any atom is 0.471 e. The predicted octanol–water partition coefficient (Wildman–Crippen LogP) is 4.15. The van der Waals surface area contributed by atoms with E-state index in [0.29, 0.717) is 12.8 Å². The highest BCUT2D eigenvalue weighted by molar-refractivity contribution is 7.47. The fourth-order valence-electron chi connectivity index (χ4n) is 3.99. The molecule has 0 aliphatic carbocycles. The number of hydrogen-bond donors (Lipinski definition) is 3. The van der Waals surface area contributed by atoms with Crippen LogP contribution in [0.3, 0.4) is 0 Å². The van der Waals surface area contributed by atoms with E-state index in [0.717, 1.165) is 54.1 Å². The molecule has 0 spiro atoms. The van der Waals surface area contributed by atoms with E-state index in [1.807, 2.05) is 37.4 Å². The molecule has 1 aliphatic heterocycles. The summed E-state index contributed by atoms with van der Waals surface area (Å²) in [6.45, 7) is 5.08. The SMILES string of the molecule is C/C=C\C=C(/C)c1c(CC2OC2NCCCCOP(=O)(O)OC)cnc2c(CCO)cccc12. The zero-order valence-electron chi connectivity index (χ0n) is 20.1. The van der Waals surface area contributed by atoms with Gasteiger partial charge in [-0.15, -0.1) is 0 Å². The van der Waals surface area contributed by atoms with Crippen LogP contribution >= 0.6 is 7.82 Å². The largest absolute Gasteiger partial charge is 0.471 e. The number of phosphoric acid groups is 1. The summed E-state index contributed by atoms with van der Waals surface area (Å²) in [5.41, 5.74) is 5.43. The van der Waals surface area contributed by atoms with Gasteiger partial charge in [0.25, 0.3) is 0 Å². The van der Waals surface area contributed by atoms with E-state index >= 15 is 0 Å². The van der Waals surface area contributed by atoms with Crippen molar-refractivity contribution in [3.63, 3.8) is 0 Å². The Hall–Kier alpha value is -1.90. The Morgan fingerprint density at radius 1 is 1.32 bits per heavy atom. The van der Waals surface area contributed by atoms with Gasteiger partial charge in [-0.25, -0.2) is 4.57 Å². The number of epoxide rings is 1. The molecule has 1 aromatic carbocycles. The van der Waals surface area contributed by atoms with Crippen LogP contribution in [0.4, 0.5) is 0 Å². The number of allylic oxidation sites excluding steroid dienone is 4. The minimum absolute atomic E-state index is 0.0204. The molecule has 3 atom stereocenters. The molecule has 0 amide bonds. The summed E-state index contributed by atoms with van der Waals surface area (Å²) >= 11 is 0. The number of pyridine rings is 1. The molecule has 3 unspecified atom stereocenters. The first-order valence-corrected chi connectivity index (χ1v) is 13.1. The van der Waals surface area contributed by atoms with Crippen LogP contribution in [0.25, 0.3) is 16.5 Å².